The molecule has 0 aliphatic carbocycles. The molecule has 2 aromatic rings. The molecule has 0 saturated carbocycles. The highest BCUT2D eigenvalue weighted by Crippen LogP contribution is 2.23. The van der Waals surface area contributed by atoms with E-state index in [0.29, 0.717) is 35.8 Å². The Morgan fingerprint density at radius 3 is 2.88 bits per heavy atom. The smallest absolute Gasteiger partial charge is 0.360 e. The summed E-state index contributed by atoms with van der Waals surface area (Å²) in [6.45, 7) is 6.74. The van der Waals surface area contributed by atoms with Crippen LogP contribution in [-0.4, -0.2) is 32.9 Å². The summed E-state index contributed by atoms with van der Waals surface area (Å²) in [6, 6.07) is 3.59. The van der Waals surface area contributed by atoms with Crippen molar-refractivity contribution in [3.8, 4) is 5.88 Å². The molecule has 0 radical (unpaired) electrons. The Bertz CT molecular complexity index is 772. The molecule has 128 valence electrons. The van der Waals surface area contributed by atoms with Crippen molar-refractivity contribution in [2.24, 2.45) is 0 Å². The van der Waals surface area contributed by atoms with Crippen LogP contribution in [0.4, 0.5) is 0 Å². The summed E-state index contributed by atoms with van der Waals surface area (Å²) in [5, 5.41) is 5.17. The van der Waals surface area contributed by atoms with Crippen LogP contribution in [0.2, 0.25) is 0 Å². The maximum Gasteiger partial charge on any atom is 0.360 e. The average molecular weight is 329 g/mol. The van der Waals surface area contributed by atoms with Crippen LogP contribution in [-0.2, 0) is 11.3 Å². The molecule has 0 fully saturated rings. The summed E-state index contributed by atoms with van der Waals surface area (Å²) >= 11 is 0. The highest BCUT2D eigenvalue weighted by Gasteiger charge is 2.24. The van der Waals surface area contributed by atoms with E-state index in [1.165, 1.54) is 0 Å². The van der Waals surface area contributed by atoms with Crippen LogP contribution in [0.1, 0.15) is 50.5 Å². The van der Waals surface area contributed by atoms with Gasteiger partial charge in [0.2, 0.25) is 5.88 Å². The number of hydrogen-bond acceptors (Lipinski definition) is 5. The lowest BCUT2D eigenvalue weighted by Gasteiger charge is -2.18. The summed E-state index contributed by atoms with van der Waals surface area (Å²) in [7, 11) is 0. The molecule has 0 amide bonds. The van der Waals surface area contributed by atoms with E-state index < -0.39 is 11.6 Å². The van der Waals surface area contributed by atoms with E-state index in [1.807, 2.05) is 32.9 Å². The molecule has 2 aromatic heterocycles. The van der Waals surface area contributed by atoms with Crippen LogP contribution in [0.3, 0.4) is 0 Å². The maximum atomic E-state index is 12.5. The van der Waals surface area contributed by atoms with Crippen LogP contribution in [0.25, 0.3) is 11.0 Å². The average Bonchev–Trinajstić information content (AvgIpc) is 2.85. The Balaban J connectivity index is 2.01. The number of allylic oxidation sites excluding steroid dienone is 1. The molecule has 0 unspecified atom stereocenters. The molecule has 2 bridgehead atoms. The number of aromatic nitrogens is 3. The minimum Gasteiger partial charge on any atom is -0.473 e. The van der Waals surface area contributed by atoms with E-state index in [2.05, 4.69) is 16.2 Å². The van der Waals surface area contributed by atoms with Gasteiger partial charge in [-0.1, -0.05) is 12.2 Å². The molecule has 6 nitrogen and oxygen atoms in total. The van der Waals surface area contributed by atoms with Gasteiger partial charge in [0.15, 0.2) is 11.3 Å². The van der Waals surface area contributed by atoms with E-state index in [-0.39, 0.29) is 0 Å². The fraction of sp³-hybridized carbons (Fsp3) is 0.500. The minimum absolute atomic E-state index is 0.312. The third kappa shape index (κ3) is 3.75. The van der Waals surface area contributed by atoms with Crippen molar-refractivity contribution < 1.29 is 14.3 Å². The zero-order valence-corrected chi connectivity index (χ0v) is 14.4. The zero-order valence-electron chi connectivity index (χ0n) is 14.4. The van der Waals surface area contributed by atoms with Gasteiger partial charge in [-0.2, -0.15) is 10.1 Å². The molecule has 1 aliphatic rings. The Morgan fingerprint density at radius 2 is 2.08 bits per heavy atom. The van der Waals surface area contributed by atoms with E-state index >= 15 is 0 Å². The van der Waals surface area contributed by atoms with Crippen molar-refractivity contribution in [3.05, 3.63) is 30.0 Å². The molecule has 0 saturated heterocycles. The molecular weight excluding hydrogens is 306 g/mol. The summed E-state index contributed by atoms with van der Waals surface area (Å²) < 4.78 is 12.9. The van der Waals surface area contributed by atoms with Gasteiger partial charge in [0.05, 0.1) is 5.39 Å². The van der Waals surface area contributed by atoms with Crippen molar-refractivity contribution in [2.45, 2.75) is 52.2 Å². The second-order valence-corrected chi connectivity index (χ2v) is 6.87. The van der Waals surface area contributed by atoms with Crippen molar-refractivity contribution in [1.82, 2.24) is 14.8 Å². The first-order valence-electron chi connectivity index (χ1n) is 8.33. The van der Waals surface area contributed by atoms with Gasteiger partial charge in [-0.05, 0) is 46.1 Å². The van der Waals surface area contributed by atoms with Gasteiger partial charge >= 0.3 is 5.97 Å². The summed E-state index contributed by atoms with van der Waals surface area (Å²) in [5.41, 5.74) is 0.415. The number of hydrogen-bond donors (Lipinski definition) is 0. The Labute approximate surface area is 141 Å². The van der Waals surface area contributed by atoms with Gasteiger partial charge in [-0.3, -0.25) is 0 Å². The van der Waals surface area contributed by atoms with Gasteiger partial charge < -0.3 is 9.47 Å². The van der Waals surface area contributed by atoms with Crippen LogP contribution < -0.4 is 4.74 Å². The Hall–Kier alpha value is -2.37. The van der Waals surface area contributed by atoms with Gasteiger partial charge in [-0.25, -0.2) is 9.48 Å². The van der Waals surface area contributed by atoms with Gasteiger partial charge in [0, 0.05) is 12.6 Å². The fourth-order valence-corrected chi connectivity index (χ4v) is 2.59. The second-order valence-electron chi connectivity index (χ2n) is 6.87. The first kappa shape index (κ1) is 16.5. The van der Waals surface area contributed by atoms with Gasteiger partial charge in [0.1, 0.15) is 12.2 Å². The number of nitrogens with zero attached hydrogens (tertiary/aromatic N) is 3. The number of carbonyl (C=O) groups is 1. The van der Waals surface area contributed by atoms with Crippen molar-refractivity contribution in [2.75, 3.05) is 6.61 Å². The molecule has 0 N–H and O–H groups in total. The number of rotatable bonds is 1. The SMILES string of the molecule is CC(C)(C)OC(=O)c1nn2c3nc(ccc13)OCC=CCCCC2. The van der Waals surface area contributed by atoms with Gasteiger partial charge in [0.25, 0.3) is 0 Å². The standard InChI is InChI=1S/C18H23N3O3/c1-18(2,3)24-17(22)15-13-9-10-14-19-16(13)21(20-15)11-7-5-4-6-8-12-23-14/h6,8-10H,4-5,7,11-12H2,1-3H3. The topological polar surface area (TPSA) is 66.2 Å². The first-order chi connectivity index (χ1) is 11.4. The van der Waals surface area contributed by atoms with Crippen molar-refractivity contribution in [1.29, 1.82) is 0 Å². The third-order valence-electron chi connectivity index (χ3n) is 3.65. The largest absolute Gasteiger partial charge is 0.473 e. The zero-order chi connectivity index (χ0) is 17.2. The molecule has 3 heterocycles. The molecule has 0 aromatic carbocycles. The first-order valence-corrected chi connectivity index (χ1v) is 8.33. The Morgan fingerprint density at radius 1 is 1.25 bits per heavy atom. The molecule has 1 aliphatic heterocycles. The predicted molar refractivity (Wildman–Crippen MR) is 91.2 cm³/mol. The quantitative estimate of drug-likeness (QED) is 0.592. The van der Waals surface area contributed by atoms with Crippen molar-refractivity contribution >= 4 is 17.0 Å². The molecule has 0 spiro atoms. The van der Waals surface area contributed by atoms with Crippen LogP contribution in [0, 0.1) is 0 Å². The molecule has 6 heteroatoms. The Kier molecular flexibility index (Phi) is 4.55. The van der Waals surface area contributed by atoms with E-state index in [0.717, 1.165) is 19.3 Å². The number of ether oxygens (including phenoxy) is 2. The van der Waals surface area contributed by atoms with Gasteiger partial charge in [-0.15, -0.1) is 0 Å². The summed E-state index contributed by atoms with van der Waals surface area (Å²) in [5.74, 6) is 0.109. The minimum atomic E-state index is -0.561. The second kappa shape index (κ2) is 6.63. The van der Waals surface area contributed by atoms with Crippen LogP contribution in [0.5, 0.6) is 5.88 Å². The molecule has 0 atom stereocenters. The molecular formula is C18H23N3O3. The number of fused-ring (bicyclic) bond motifs is 1. The normalized spacial score (nSPS) is 15.6. The molecule has 3 rings (SSSR count). The lowest BCUT2D eigenvalue weighted by atomic mass is 10.2. The lowest BCUT2D eigenvalue weighted by Crippen LogP contribution is -2.24. The number of pyridine rings is 1. The fourth-order valence-electron chi connectivity index (χ4n) is 2.59. The molecule has 24 heavy (non-hydrogen) atoms. The summed E-state index contributed by atoms with van der Waals surface area (Å²) in [4.78, 5) is 17.0. The predicted octanol–water partition coefficient (Wildman–Crippen LogP) is 3.51. The van der Waals surface area contributed by atoms with E-state index in [9.17, 15) is 4.79 Å². The number of aryl methyl sites for hydroxylation is 1. The maximum absolute atomic E-state index is 12.5. The number of esters is 1. The van der Waals surface area contributed by atoms with E-state index in [1.54, 1.807) is 10.7 Å². The third-order valence-corrected chi connectivity index (χ3v) is 3.65. The highest BCUT2D eigenvalue weighted by molar-refractivity contribution is 6.01. The monoisotopic (exact) mass is 329 g/mol. The van der Waals surface area contributed by atoms with Crippen LogP contribution >= 0.6 is 0 Å². The van der Waals surface area contributed by atoms with E-state index in [4.69, 9.17) is 9.47 Å². The lowest BCUT2D eigenvalue weighted by molar-refractivity contribution is 0.00640. The number of carbonyl (C=O) groups excluding carboxylic acids is 1. The van der Waals surface area contributed by atoms with Crippen LogP contribution in [0.15, 0.2) is 24.3 Å². The summed E-state index contributed by atoms with van der Waals surface area (Å²) in [6.07, 6.45) is 7.17. The van der Waals surface area contributed by atoms with Crippen molar-refractivity contribution in [3.63, 3.8) is 0 Å². The highest BCUT2D eigenvalue weighted by atomic mass is 16.6.